The van der Waals surface area contributed by atoms with Gasteiger partial charge in [-0.25, -0.2) is 4.79 Å². The van der Waals surface area contributed by atoms with Crippen molar-refractivity contribution in [2.45, 2.75) is 6.92 Å². The van der Waals surface area contributed by atoms with E-state index < -0.39 is 0 Å². The minimum absolute atomic E-state index is 0.304. The highest BCUT2D eigenvalue weighted by molar-refractivity contribution is 7.14. The average Bonchev–Trinajstić information content (AvgIpc) is 2.73. The molecule has 1 rings (SSSR count). The summed E-state index contributed by atoms with van der Waals surface area (Å²) in [4.78, 5) is 15.5. The molecule has 0 aliphatic carbocycles. The smallest absolute Gasteiger partial charge is 0.348 e. The molecule has 0 N–H and O–H groups in total. The SMILES string of the molecule is CCOC(=O)c1ccc(C=CCN=[N+]=[N-])s1. The summed E-state index contributed by atoms with van der Waals surface area (Å²) < 4.78 is 4.87. The van der Waals surface area contributed by atoms with Crippen molar-refractivity contribution in [3.05, 3.63) is 38.4 Å². The van der Waals surface area contributed by atoms with E-state index in [4.69, 9.17) is 10.3 Å². The number of rotatable bonds is 5. The number of thiophene rings is 1. The van der Waals surface area contributed by atoms with Crippen molar-refractivity contribution in [2.24, 2.45) is 5.11 Å². The molecule has 0 atom stereocenters. The van der Waals surface area contributed by atoms with Gasteiger partial charge in [-0.05, 0) is 30.7 Å². The fourth-order valence-electron chi connectivity index (χ4n) is 1.01. The van der Waals surface area contributed by atoms with Crippen molar-refractivity contribution in [2.75, 3.05) is 13.2 Å². The molecule has 16 heavy (non-hydrogen) atoms. The molecule has 0 spiro atoms. The van der Waals surface area contributed by atoms with E-state index in [1.807, 2.05) is 12.1 Å². The molecular formula is C10H11N3O2S. The van der Waals surface area contributed by atoms with Crippen LogP contribution < -0.4 is 0 Å². The summed E-state index contributed by atoms with van der Waals surface area (Å²) in [7, 11) is 0. The van der Waals surface area contributed by atoms with Crippen molar-refractivity contribution < 1.29 is 9.53 Å². The monoisotopic (exact) mass is 237 g/mol. The van der Waals surface area contributed by atoms with Gasteiger partial charge in [0.2, 0.25) is 0 Å². The fraction of sp³-hybridized carbons (Fsp3) is 0.300. The molecule has 0 saturated heterocycles. The number of hydrogen-bond acceptors (Lipinski definition) is 4. The summed E-state index contributed by atoms with van der Waals surface area (Å²) in [5.74, 6) is -0.304. The normalized spacial score (nSPS) is 10.1. The molecule has 1 aromatic rings. The summed E-state index contributed by atoms with van der Waals surface area (Å²) in [6.07, 6.45) is 3.54. The van der Waals surface area contributed by atoms with E-state index in [1.54, 1.807) is 19.1 Å². The third-order valence-corrected chi connectivity index (χ3v) is 2.67. The summed E-state index contributed by atoms with van der Waals surface area (Å²) in [5.41, 5.74) is 8.07. The number of ether oxygens (including phenoxy) is 1. The van der Waals surface area contributed by atoms with Gasteiger partial charge in [0.05, 0.1) is 6.61 Å². The lowest BCUT2D eigenvalue weighted by Gasteiger charge is -1.96. The largest absolute Gasteiger partial charge is 0.462 e. The van der Waals surface area contributed by atoms with E-state index in [0.717, 1.165) is 4.88 Å². The Morgan fingerprint density at radius 1 is 1.69 bits per heavy atom. The Labute approximate surface area is 97.0 Å². The molecule has 0 fully saturated rings. The molecule has 0 unspecified atom stereocenters. The first-order valence-corrected chi connectivity index (χ1v) is 5.54. The molecule has 6 heteroatoms. The second-order valence-corrected chi connectivity index (χ2v) is 3.85. The Morgan fingerprint density at radius 3 is 3.19 bits per heavy atom. The third-order valence-electron chi connectivity index (χ3n) is 1.64. The van der Waals surface area contributed by atoms with Crippen molar-refractivity contribution in [1.29, 1.82) is 0 Å². The zero-order valence-corrected chi connectivity index (χ0v) is 9.61. The van der Waals surface area contributed by atoms with Crippen LogP contribution in [0.1, 0.15) is 21.5 Å². The van der Waals surface area contributed by atoms with Gasteiger partial charge in [0.1, 0.15) is 4.88 Å². The number of nitrogens with zero attached hydrogens (tertiary/aromatic N) is 3. The van der Waals surface area contributed by atoms with Crippen LogP contribution in [0.25, 0.3) is 16.5 Å². The predicted octanol–water partition coefficient (Wildman–Crippen LogP) is 3.25. The van der Waals surface area contributed by atoms with Crippen LogP contribution in [-0.2, 0) is 4.74 Å². The lowest BCUT2D eigenvalue weighted by atomic mass is 10.4. The van der Waals surface area contributed by atoms with Crippen molar-refractivity contribution in [3.63, 3.8) is 0 Å². The molecule has 1 aromatic heterocycles. The highest BCUT2D eigenvalue weighted by atomic mass is 32.1. The first kappa shape index (κ1) is 12.3. The van der Waals surface area contributed by atoms with E-state index in [2.05, 4.69) is 10.0 Å². The topological polar surface area (TPSA) is 75.1 Å². The molecule has 0 aliphatic rings. The van der Waals surface area contributed by atoms with Crippen LogP contribution in [-0.4, -0.2) is 19.1 Å². The summed E-state index contributed by atoms with van der Waals surface area (Å²) >= 11 is 1.34. The Kier molecular flexibility index (Phi) is 5.11. The average molecular weight is 237 g/mol. The second kappa shape index (κ2) is 6.66. The lowest BCUT2D eigenvalue weighted by molar-refractivity contribution is 0.0532. The van der Waals surface area contributed by atoms with E-state index in [9.17, 15) is 4.79 Å². The molecule has 1 heterocycles. The number of hydrogen-bond donors (Lipinski definition) is 0. The molecule has 0 saturated carbocycles. The highest BCUT2D eigenvalue weighted by Crippen LogP contribution is 2.18. The minimum Gasteiger partial charge on any atom is -0.462 e. The third kappa shape index (κ3) is 3.76. The molecule has 5 nitrogen and oxygen atoms in total. The second-order valence-electron chi connectivity index (χ2n) is 2.74. The number of carbonyl (C=O) groups is 1. The standard InChI is InChI=1S/C10H11N3O2S/c1-2-15-10(14)9-6-5-8(16-9)4-3-7-12-13-11/h3-6H,2,7H2,1H3. The van der Waals surface area contributed by atoms with Gasteiger partial charge in [0, 0.05) is 16.3 Å². The van der Waals surface area contributed by atoms with Gasteiger partial charge in [-0.15, -0.1) is 11.3 Å². The Bertz CT molecular complexity index is 433. The van der Waals surface area contributed by atoms with Gasteiger partial charge >= 0.3 is 5.97 Å². The quantitative estimate of drug-likeness (QED) is 0.341. The van der Waals surface area contributed by atoms with Crippen LogP contribution >= 0.6 is 11.3 Å². The maximum atomic E-state index is 11.3. The molecule has 0 aliphatic heterocycles. The van der Waals surface area contributed by atoms with E-state index in [-0.39, 0.29) is 5.97 Å². The Morgan fingerprint density at radius 2 is 2.50 bits per heavy atom. The van der Waals surface area contributed by atoms with E-state index in [1.165, 1.54) is 11.3 Å². The summed E-state index contributed by atoms with van der Waals surface area (Å²) in [6.45, 7) is 2.45. The summed E-state index contributed by atoms with van der Waals surface area (Å²) in [6, 6.07) is 3.54. The van der Waals surface area contributed by atoms with Gasteiger partial charge in [0.25, 0.3) is 0 Å². The minimum atomic E-state index is -0.304. The zero-order chi connectivity index (χ0) is 11.8. The number of azide groups is 1. The molecule has 0 aromatic carbocycles. The van der Waals surface area contributed by atoms with Crippen LogP contribution in [0.2, 0.25) is 0 Å². The van der Waals surface area contributed by atoms with Crippen molar-refractivity contribution in [3.8, 4) is 0 Å². The van der Waals surface area contributed by atoms with Gasteiger partial charge in [-0.3, -0.25) is 0 Å². The first-order valence-electron chi connectivity index (χ1n) is 4.72. The highest BCUT2D eigenvalue weighted by Gasteiger charge is 2.08. The first-order chi connectivity index (χ1) is 7.77. The number of esters is 1. The van der Waals surface area contributed by atoms with Gasteiger partial charge in [0.15, 0.2) is 0 Å². The van der Waals surface area contributed by atoms with Gasteiger partial charge < -0.3 is 4.74 Å². The summed E-state index contributed by atoms with van der Waals surface area (Å²) in [5, 5.41) is 3.36. The van der Waals surface area contributed by atoms with Gasteiger partial charge in [-0.2, -0.15) is 0 Å². The molecule has 0 radical (unpaired) electrons. The van der Waals surface area contributed by atoms with Crippen molar-refractivity contribution in [1.82, 2.24) is 0 Å². The van der Waals surface area contributed by atoms with Crippen LogP contribution in [0.15, 0.2) is 23.3 Å². The van der Waals surface area contributed by atoms with Crippen LogP contribution in [0.3, 0.4) is 0 Å². The molecular weight excluding hydrogens is 226 g/mol. The Balaban J connectivity index is 2.60. The van der Waals surface area contributed by atoms with E-state index >= 15 is 0 Å². The molecule has 84 valence electrons. The molecule has 0 bridgehead atoms. The maximum absolute atomic E-state index is 11.3. The van der Waals surface area contributed by atoms with Crippen LogP contribution in [0.4, 0.5) is 0 Å². The van der Waals surface area contributed by atoms with Crippen LogP contribution in [0.5, 0.6) is 0 Å². The lowest BCUT2D eigenvalue weighted by Crippen LogP contribution is -2.01. The van der Waals surface area contributed by atoms with Gasteiger partial charge in [-0.1, -0.05) is 11.2 Å². The zero-order valence-electron chi connectivity index (χ0n) is 8.79. The molecule has 0 amide bonds. The van der Waals surface area contributed by atoms with Crippen LogP contribution in [0, 0.1) is 0 Å². The predicted molar refractivity (Wildman–Crippen MR) is 63.3 cm³/mol. The van der Waals surface area contributed by atoms with Crippen molar-refractivity contribution >= 4 is 23.4 Å². The maximum Gasteiger partial charge on any atom is 0.348 e. The van der Waals surface area contributed by atoms with E-state index in [0.29, 0.717) is 18.0 Å². The number of carbonyl (C=O) groups excluding carboxylic acids is 1. The Hall–Kier alpha value is -1.78. The fourth-order valence-corrected chi connectivity index (χ4v) is 1.84.